The van der Waals surface area contributed by atoms with E-state index in [2.05, 4.69) is 0 Å². The van der Waals surface area contributed by atoms with Crippen molar-refractivity contribution in [3.63, 3.8) is 0 Å². The standard InChI is InChI=1S/C32H40N4O8S/c1-18-26(17-43-13-12-33)45-29-27(18)28(38)36(32(3,4)30(39)40)31(41)34(29)16-25(23-8-6-7-9-24(23)42-5)44-22-14-20-10-11-21(15-22)35(20)19(2)37/h6-9,12-13,20-22,25H,10-11,14-17,33H2,1-5H3,(H,39,40)/b13-12-. The van der Waals surface area contributed by atoms with Crippen LogP contribution in [0, 0.1) is 6.92 Å². The molecular formula is C32H40N4O8S. The zero-order valence-electron chi connectivity index (χ0n) is 26.1. The number of hydrogen-bond donors (Lipinski definition) is 2. The van der Waals surface area contributed by atoms with Crippen LogP contribution in [0.3, 0.4) is 0 Å². The van der Waals surface area contributed by atoms with Gasteiger partial charge in [-0.15, -0.1) is 11.3 Å². The fourth-order valence-electron chi connectivity index (χ4n) is 6.76. The maximum atomic E-state index is 14.3. The number of benzene rings is 1. The average Bonchev–Trinajstić information content (AvgIpc) is 3.47. The first-order valence-electron chi connectivity index (χ1n) is 15.0. The van der Waals surface area contributed by atoms with E-state index in [1.807, 2.05) is 29.2 Å². The third-order valence-corrected chi connectivity index (χ3v) is 10.3. The van der Waals surface area contributed by atoms with Gasteiger partial charge in [0, 0.05) is 35.6 Å². The van der Waals surface area contributed by atoms with Gasteiger partial charge in [0.1, 0.15) is 28.8 Å². The summed E-state index contributed by atoms with van der Waals surface area (Å²) in [5.41, 5.74) is 3.45. The number of aryl methyl sites for hydroxylation is 1. The van der Waals surface area contributed by atoms with Crippen LogP contribution in [0.2, 0.25) is 0 Å². The van der Waals surface area contributed by atoms with Gasteiger partial charge in [-0.3, -0.25) is 14.2 Å². The molecule has 0 spiro atoms. The van der Waals surface area contributed by atoms with Crippen LogP contribution in [0.25, 0.3) is 10.2 Å². The summed E-state index contributed by atoms with van der Waals surface area (Å²) in [7, 11) is 1.56. The van der Waals surface area contributed by atoms with Crippen LogP contribution in [0.1, 0.15) is 68.6 Å². The molecule has 13 heteroatoms. The smallest absolute Gasteiger partial charge is 0.333 e. The van der Waals surface area contributed by atoms with Gasteiger partial charge < -0.3 is 30.0 Å². The Labute approximate surface area is 264 Å². The Morgan fingerprint density at radius 3 is 2.44 bits per heavy atom. The zero-order valence-corrected chi connectivity index (χ0v) is 27.0. The number of aliphatic carboxylic acids is 1. The van der Waals surface area contributed by atoms with E-state index < -0.39 is 28.9 Å². The summed E-state index contributed by atoms with van der Waals surface area (Å²) < 4.78 is 20.3. The molecule has 0 aliphatic carbocycles. The minimum Gasteiger partial charge on any atom is -0.496 e. The van der Waals surface area contributed by atoms with E-state index in [0.717, 1.165) is 17.4 Å². The third kappa shape index (κ3) is 5.86. The van der Waals surface area contributed by atoms with Crippen molar-refractivity contribution in [1.82, 2.24) is 14.0 Å². The molecule has 0 radical (unpaired) electrons. The highest BCUT2D eigenvalue weighted by atomic mass is 32.1. The van der Waals surface area contributed by atoms with Gasteiger partial charge in [0.05, 0.1) is 31.4 Å². The molecule has 45 heavy (non-hydrogen) atoms. The number of carbonyl (C=O) groups is 2. The van der Waals surface area contributed by atoms with E-state index in [0.29, 0.717) is 39.4 Å². The second-order valence-electron chi connectivity index (χ2n) is 12.1. The number of carboxylic acids is 1. The van der Waals surface area contributed by atoms with E-state index in [1.54, 1.807) is 21.0 Å². The van der Waals surface area contributed by atoms with Crippen LogP contribution < -0.4 is 21.7 Å². The monoisotopic (exact) mass is 640 g/mol. The Balaban J connectivity index is 1.66. The molecule has 3 unspecified atom stereocenters. The normalized spacial score (nSPS) is 20.6. The molecule has 5 rings (SSSR count). The number of piperidine rings is 1. The maximum absolute atomic E-state index is 14.3. The number of aromatic nitrogens is 2. The molecule has 3 aromatic rings. The van der Waals surface area contributed by atoms with E-state index in [1.165, 1.54) is 42.2 Å². The van der Waals surface area contributed by atoms with Gasteiger partial charge in [0.15, 0.2) is 0 Å². The fraction of sp³-hybridized carbons (Fsp3) is 0.500. The minimum absolute atomic E-state index is 0.0170. The Hall–Kier alpha value is -4.10. The third-order valence-electron chi connectivity index (χ3n) is 9.03. The average molecular weight is 641 g/mol. The summed E-state index contributed by atoms with van der Waals surface area (Å²) in [5, 5.41) is 10.3. The number of carbonyl (C=O) groups excluding carboxylic acids is 1. The van der Waals surface area contributed by atoms with Gasteiger partial charge in [-0.05, 0) is 58.1 Å². The lowest BCUT2D eigenvalue weighted by atomic mass is 9.98. The summed E-state index contributed by atoms with van der Waals surface area (Å²) in [4.78, 5) is 55.9. The minimum atomic E-state index is -1.84. The lowest BCUT2D eigenvalue weighted by molar-refractivity contribution is -0.146. The van der Waals surface area contributed by atoms with Crippen molar-refractivity contribution in [3.8, 4) is 5.75 Å². The van der Waals surface area contributed by atoms with Crippen LogP contribution in [0.4, 0.5) is 0 Å². The first-order chi connectivity index (χ1) is 21.4. The van der Waals surface area contributed by atoms with Gasteiger partial charge >= 0.3 is 11.7 Å². The number of rotatable bonds is 11. The number of carboxylic acid groups (broad SMARTS) is 1. The summed E-state index contributed by atoms with van der Waals surface area (Å²) in [6, 6.07) is 7.56. The van der Waals surface area contributed by atoms with E-state index in [4.69, 9.17) is 19.9 Å². The highest BCUT2D eigenvalue weighted by Gasteiger charge is 2.43. The van der Waals surface area contributed by atoms with Crippen LogP contribution in [0.5, 0.6) is 5.75 Å². The lowest BCUT2D eigenvalue weighted by Gasteiger charge is -2.39. The number of ether oxygens (including phenoxy) is 3. The predicted octanol–water partition coefficient (Wildman–Crippen LogP) is 3.61. The first kappa shape index (κ1) is 32.3. The maximum Gasteiger partial charge on any atom is 0.333 e. The molecule has 4 heterocycles. The van der Waals surface area contributed by atoms with Crippen molar-refractivity contribution in [2.24, 2.45) is 5.73 Å². The molecule has 2 aromatic heterocycles. The Kier molecular flexibility index (Phi) is 9.13. The highest BCUT2D eigenvalue weighted by Crippen LogP contribution is 2.40. The van der Waals surface area contributed by atoms with Crippen molar-refractivity contribution in [1.29, 1.82) is 0 Å². The fourth-order valence-corrected chi connectivity index (χ4v) is 7.98. The summed E-state index contributed by atoms with van der Waals surface area (Å²) in [6.07, 6.45) is 4.84. The topological polar surface area (TPSA) is 155 Å². The van der Waals surface area contributed by atoms with Crippen molar-refractivity contribution in [3.05, 3.63) is 73.6 Å². The van der Waals surface area contributed by atoms with Crippen molar-refractivity contribution in [2.75, 3.05) is 7.11 Å². The molecule has 3 N–H and O–H groups in total. The molecule has 12 nitrogen and oxygen atoms in total. The van der Waals surface area contributed by atoms with E-state index in [-0.39, 0.29) is 42.6 Å². The number of amides is 1. The summed E-state index contributed by atoms with van der Waals surface area (Å²) in [5.74, 6) is -0.684. The molecule has 3 atom stereocenters. The molecular weight excluding hydrogens is 600 g/mol. The molecule has 1 aromatic carbocycles. The first-order valence-corrected chi connectivity index (χ1v) is 15.8. The summed E-state index contributed by atoms with van der Waals surface area (Å²) in [6.45, 7) is 6.11. The van der Waals surface area contributed by atoms with Gasteiger partial charge in [-0.25, -0.2) is 14.2 Å². The van der Waals surface area contributed by atoms with Gasteiger partial charge in [0.25, 0.3) is 5.56 Å². The molecule has 2 aliphatic rings. The van der Waals surface area contributed by atoms with Crippen molar-refractivity contribution < 1.29 is 28.9 Å². The molecule has 242 valence electrons. The van der Waals surface area contributed by atoms with Gasteiger partial charge in [0.2, 0.25) is 5.91 Å². The van der Waals surface area contributed by atoms with Gasteiger partial charge in [-0.2, -0.15) is 0 Å². The predicted molar refractivity (Wildman–Crippen MR) is 169 cm³/mol. The van der Waals surface area contributed by atoms with Crippen LogP contribution in [0.15, 0.2) is 46.3 Å². The highest BCUT2D eigenvalue weighted by molar-refractivity contribution is 7.18. The summed E-state index contributed by atoms with van der Waals surface area (Å²) >= 11 is 1.24. The number of methoxy groups -OCH3 is 1. The Morgan fingerprint density at radius 2 is 1.84 bits per heavy atom. The Morgan fingerprint density at radius 1 is 1.18 bits per heavy atom. The quantitative estimate of drug-likeness (QED) is 0.299. The second-order valence-corrected chi connectivity index (χ2v) is 13.2. The zero-order chi connectivity index (χ0) is 32.6. The Bertz CT molecular complexity index is 1740. The number of nitrogens with zero attached hydrogens (tertiary/aromatic N) is 3. The molecule has 1 amide bonds. The van der Waals surface area contributed by atoms with Crippen LogP contribution in [-0.4, -0.2) is 56.3 Å². The molecule has 2 aliphatic heterocycles. The molecule has 2 fully saturated rings. The lowest BCUT2D eigenvalue weighted by Crippen LogP contribution is -2.53. The number of thiophene rings is 1. The van der Waals surface area contributed by atoms with Crippen molar-refractivity contribution >= 4 is 33.4 Å². The molecule has 0 saturated carbocycles. The van der Waals surface area contributed by atoms with Crippen LogP contribution >= 0.6 is 11.3 Å². The second kappa shape index (κ2) is 12.7. The number of fused-ring (bicyclic) bond motifs is 3. The molecule has 2 saturated heterocycles. The number of hydrogen-bond acceptors (Lipinski definition) is 9. The van der Waals surface area contributed by atoms with E-state index in [9.17, 15) is 24.3 Å². The number of nitrogens with two attached hydrogens (primary N) is 1. The van der Waals surface area contributed by atoms with Crippen molar-refractivity contribution in [2.45, 2.75) is 96.4 Å². The largest absolute Gasteiger partial charge is 0.496 e. The SMILES string of the molecule is COc1ccccc1C(Cn1c(=O)n(C(C)(C)C(=O)O)c(=O)c2c(C)c(CO/C=C\N)sc21)OC1CC2CCC(C1)N2C(C)=O. The van der Waals surface area contributed by atoms with Gasteiger partial charge in [-0.1, -0.05) is 18.2 Å². The molecule has 2 bridgehead atoms. The number of para-hydroxylation sites is 1. The van der Waals surface area contributed by atoms with Crippen LogP contribution in [-0.2, 0) is 37.8 Å². The van der Waals surface area contributed by atoms with E-state index >= 15 is 0 Å².